The average molecular weight is 371 g/mol. The fourth-order valence-corrected chi connectivity index (χ4v) is 3.43. The standard InChI is InChI=1S/C19H21N3O3S/c1-22(12-4-11-20-18(23)24)13-14-7-9-15(10-8-14)25-19-21-16-5-2-3-6-17(16)26-19/h2-3,5-10,20H,4,11-13H2,1H3,(H,23,24). The number of hydrogen-bond acceptors (Lipinski definition) is 5. The SMILES string of the molecule is CN(CCCNC(=O)O)Cc1ccc(Oc2nc3ccccc3s2)cc1. The summed E-state index contributed by atoms with van der Waals surface area (Å²) in [6, 6.07) is 15.9. The van der Waals surface area contributed by atoms with Crippen molar-refractivity contribution in [1.82, 2.24) is 15.2 Å². The first-order valence-electron chi connectivity index (χ1n) is 8.38. The van der Waals surface area contributed by atoms with Crippen LogP contribution in [0.4, 0.5) is 4.79 Å². The summed E-state index contributed by atoms with van der Waals surface area (Å²) in [4.78, 5) is 17.0. The predicted octanol–water partition coefficient (Wildman–Crippen LogP) is 4.18. The van der Waals surface area contributed by atoms with Crippen LogP contribution in [-0.2, 0) is 6.54 Å². The van der Waals surface area contributed by atoms with E-state index in [1.165, 1.54) is 16.9 Å². The maximum absolute atomic E-state index is 10.4. The van der Waals surface area contributed by atoms with Crippen molar-refractivity contribution in [3.05, 3.63) is 54.1 Å². The highest BCUT2D eigenvalue weighted by Crippen LogP contribution is 2.31. The van der Waals surface area contributed by atoms with Gasteiger partial charge in [0, 0.05) is 13.1 Å². The highest BCUT2D eigenvalue weighted by atomic mass is 32.1. The van der Waals surface area contributed by atoms with Crippen LogP contribution in [0.25, 0.3) is 10.2 Å². The highest BCUT2D eigenvalue weighted by molar-refractivity contribution is 7.20. The number of benzene rings is 2. The third-order valence-corrected chi connectivity index (χ3v) is 4.76. The van der Waals surface area contributed by atoms with Gasteiger partial charge in [0.25, 0.3) is 5.19 Å². The molecule has 0 fully saturated rings. The molecule has 1 heterocycles. The Morgan fingerprint density at radius 3 is 2.73 bits per heavy atom. The molecule has 0 atom stereocenters. The van der Waals surface area contributed by atoms with E-state index in [0.29, 0.717) is 11.7 Å². The minimum atomic E-state index is -0.976. The average Bonchev–Trinajstić information content (AvgIpc) is 3.02. The molecule has 0 radical (unpaired) electrons. The van der Waals surface area contributed by atoms with E-state index >= 15 is 0 Å². The Bertz CT molecular complexity index is 831. The van der Waals surface area contributed by atoms with Crippen molar-refractivity contribution in [2.75, 3.05) is 20.1 Å². The zero-order valence-corrected chi connectivity index (χ0v) is 15.3. The second-order valence-electron chi connectivity index (χ2n) is 6.02. The topological polar surface area (TPSA) is 74.7 Å². The summed E-state index contributed by atoms with van der Waals surface area (Å²) < 4.78 is 6.96. The van der Waals surface area contributed by atoms with Gasteiger partial charge in [-0.25, -0.2) is 9.78 Å². The fraction of sp³-hybridized carbons (Fsp3) is 0.263. The van der Waals surface area contributed by atoms with Gasteiger partial charge in [-0.2, -0.15) is 0 Å². The van der Waals surface area contributed by atoms with Crippen LogP contribution in [0, 0.1) is 0 Å². The van der Waals surface area contributed by atoms with Crippen molar-refractivity contribution in [3.63, 3.8) is 0 Å². The number of nitrogens with zero attached hydrogens (tertiary/aromatic N) is 2. The van der Waals surface area contributed by atoms with E-state index in [-0.39, 0.29) is 0 Å². The van der Waals surface area contributed by atoms with Crippen LogP contribution in [0.2, 0.25) is 0 Å². The zero-order chi connectivity index (χ0) is 18.4. The summed E-state index contributed by atoms with van der Waals surface area (Å²) in [6.07, 6.45) is -0.196. The Hall–Kier alpha value is -2.64. The number of thiazole rings is 1. The molecule has 26 heavy (non-hydrogen) atoms. The molecule has 0 aliphatic rings. The van der Waals surface area contributed by atoms with Crippen LogP contribution < -0.4 is 10.1 Å². The number of para-hydroxylation sites is 1. The molecule has 2 aromatic carbocycles. The number of carboxylic acid groups (broad SMARTS) is 1. The first kappa shape index (κ1) is 18.2. The number of aromatic nitrogens is 1. The Kier molecular flexibility index (Phi) is 6.04. The van der Waals surface area contributed by atoms with E-state index in [1.54, 1.807) is 0 Å². The molecule has 0 saturated heterocycles. The van der Waals surface area contributed by atoms with Gasteiger partial charge < -0.3 is 20.1 Å². The monoisotopic (exact) mass is 371 g/mol. The summed E-state index contributed by atoms with van der Waals surface area (Å²) in [5, 5.41) is 11.6. The molecule has 0 aliphatic heterocycles. The second-order valence-corrected chi connectivity index (χ2v) is 7.01. The first-order valence-corrected chi connectivity index (χ1v) is 9.19. The molecular formula is C19H21N3O3S. The van der Waals surface area contributed by atoms with E-state index in [4.69, 9.17) is 9.84 Å². The van der Waals surface area contributed by atoms with Crippen molar-refractivity contribution in [3.8, 4) is 10.9 Å². The summed E-state index contributed by atoms with van der Waals surface area (Å²) >= 11 is 1.53. The minimum absolute atomic E-state index is 0.467. The van der Waals surface area contributed by atoms with Gasteiger partial charge in [0.2, 0.25) is 0 Å². The third-order valence-electron chi connectivity index (χ3n) is 3.85. The molecule has 0 saturated carbocycles. The van der Waals surface area contributed by atoms with Gasteiger partial charge in [0.15, 0.2) is 0 Å². The second kappa shape index (κ2) is 8.64. The summed E-state index contributed by atoms with van der Waals surface area (Å²) in [6.45, 7) is 2.09. The van der Waals surface area contributed by atoms with Crippen molar-refractivity contribution < 1.29 is 14.6 Å². The van der Waals surface area contributed by atoms with Crippen LogP contribution >= 0.6 is 11.3 Å². The molecule has 1 amide bonds. The lowest BCUT2D eigenvalue weighted by Gasteiger charge is -2.16. The van der Waals surface area contributed by atoms with E-state index in [0.717, 1.165) is 35.5 Å². The molecular weight excluding hydrogens is 350 g/mol. The number of amides is 1. The van der Waals surface area contributed by atoms with Crippen LogP contribution in [0.3, 0.4) is 0 Å². The first-order chi connectivity index (χ1) is 12.6. The van der Waals surface area contributed by atoms with Crippen LogP contribution in [0.1, 0.15) is 12.0 Å². The number of carbonyl (C=O) groups is 1. The van der Waals surface area contributed by atoms with Crippen LogP contribution in [0.5, 0.6) is 10.9 Å². The Morgan fingerprint density at radius 2 is 2.00 bits per heavy atom. The molecule has 0 aliphatic carbocycles. The van der Waals surface area contributed by atoms with E-state index < -0.39 is 6.09 Å². The fourth-order valence-electron chi connectivity index (χ4n) is 2.59. The lowest BCUT2D eigenvalue weighted by Crippen LogP contribution is -2.26. The summed E-state index contributed by atoms with van der Waals surface area (Å²) in [7, 11) is 2.02. The van der Waals surface area contributed by atoms with Gasteiger partial charge in [0.1, 0.15) is 5.75 Å². The molecule has 3 rings (SSSR count). The Labute approximate surface area is 156 Å². The quantitative estimate of drug-likeness (QED) is 0.581. The molecule has 0 unspecified atom stereocenters. The van der Waals surface area contributed by atoms with E-state index in [2.05, 4.69) is 15.2 Å². The molecule has 6 nitrogen and oxygen atoms in total. The normalized spacial score (nSPS) is 11.0. The van der Waals surface area contributed by atoms with Gasteiger partial charge >= 0.3 is 6.09 Å². The molecule has 2 N–H and O–H groups in total. The number of fused-ring (bicyclic) bond motifs is 1. The number of nitrogens with one attached hydrogen (secondary N) is 1. The van der Waals surface area contributed by atoms with Gasteiger partial charge in [-0.15, -0.1) is 0 Å². The van der Waals surface area contributed by atoms with E-state index in [9.17, 15) is 4.79 Å². The predicted molar refractivity (Wildman–Crippen MR) is 103 cm³/mol. The van der Waals surface area contributed by atoms with Crippen molar-refractivity contribution in [1.29, 1.82) is 0 Å². The zero-order valence-electron chi connectivity index (χ0n) is 14.5. The van der Waals surface area contributed by atoms with Crippen molar-refractivity contribution in [2.24, 2.45) is 0 Å². The largest absolute Gasteiger partial charge is 0.465 e. The molecule has 0 spiro atoms. The van der Waals surface area contributed by atoms with Crippen molar-refractivity contribution in [2.45, 2.75) is 13.0 Å². The minimum Gasteiger partial charge on any atom is -0.465 e. The molecule has 136 valence electrons. The number of ether oxygens (including phenoxy) is 1. The van der Waals surface area contributed by atoms with E-state index in [1.807, 2.05) is 55.6 Å². The number of rotatable bonds is 8. The summed E-state index contributed by atoms with van der Waals surface area (Å²) in [5.74, 6) is 0.765. The summed E-state index contributed by atoms with van der Waals surface area (Å²) in [5.41, 5.74) is 2.12. The Morgan fingerprint density at radius 1 is 1.23 bits per heavy atom. The lowest BCUT2D eigenvalue weighted by atomic mass is 10.2. The van der Waals surface area contributed by atoms with Crippen LogP contribution in [0.15, 0.2) is 48.5 Å². The number of hydrogen-bond donors (Lipinski definition) is 2. The maximum atomic E-state index is 10.4. The lowest BCUT2D eigenvalue weighted by molar-refractivity contribution is 0.193. The van der Waals surface area contributed by atoms with Gasteiger partial charge in [-0.1, -0.05) is 35.6 Å². The maximum Gasteiger partial charge on any atom is 0.404 e. The third kappa shape index (κ3) is 5.18. The van der Waals surface area contributed by atoms with Gasteiger partial charge in [-0.3, -0.25) is 0 Å². The smallest absolute Gasteiger partial charge is 0.404 e. The molecule has 1 aromatic heterocycles. The molecule has 0 bridgehead atoms. The molecule has 3 aromatic rings. The Balaban J connectivity index is 1.50. The molecule has 7 heteroatoms. The highest BCUT2D eigenvalue weighted by Gasteiger charge is 2.06. The van der Waals surface area contributed by atoms with Gasteiger partial charge in [-0.05, 0) is 49.8 Å². The van der Waals surface area contributed by atoms with Gasteiger partial charge in [0.05, 0.1) is 10.2 Å². The van der Waals surface area contributed by atoms with Crippen LogP contribution in [-0.4, -0.2) is 41.2 Å². The van der Waals surface area contributed by atoms with Crippen molar-refractivity contribution >= 4 is 27.6 Å².